The van der Waals surface area contributed by atoms with E-state index in [0.29, 0.717) is 31.8 Å². The number of fused-ring (bicyclic) bond motifs is 2. The van der Waals surface area contributed by atoms with Gasteiger partial charge in [0.15, 0.2) is 5.78 Å². The van der Waals surface area contributed by atoms with Crippen LogP contribution in [-0.4, -0.2) is 64.1 Å². The smallest absolute Gasteiger partial charge is 0.309 e. The SMILES string of the molecule is CCN/N=C(\C=N)S(=O)(=O)N(CC)[C@H]1CCC2=Cc3[nH]ncc3C[C@]2(C(=O)c2ccc(C(F)(F)F)cn2)C1. The summed E-state index contributed by atoms with van der Waals surface area (Å²) >= 11 is 0. The molecule has 2 heterocycles. The van der Waals surface area contributed by atoms with Crippen LogP contribution < -0.4 is 5.43 Å². The number of H-pyrrole nitrogens is 1. The van der Waals surface area contributed by atoms with Crippen LogP contribution >= 0.6 is 0 Å². The van der Waals surface area contributed by atoms with Gasteiger partial charge in [-0.25, -0.2) is 8.42 Å². The third-order valence-electron chi connectivity index (χ3n) is 7.03. The third-order valence-corrected chi connectivity index (χ3v) is 8.94. The van der Waals surface area contributed by atoms with Gasteiger partial charge in [0.2, 0.25) is 5.04 Å². The van der Waals surface area contributed by atoms with E-state index < -0.39 is 44.0 Å². The van der Waals surface area contributed by atoms with E-state index in [2.05, 4.69) is 25.7 Å². The molecule has 2 aromatic rings. The number of carbonyl (C=O) groups is 1. The van der Waals surface area contributed by atoms with Gasteiger partial charge in [0.05, 0.1) is 29.1 Å². The third kappa shape index (κ3) is 4.89. The van der Waals surface area contributed by atoms with Crippen molar-refractivity contribution in [1.82, 2.24) is 24.9 Å². The summed E-state index contributed by atoms with van der Waals surface area (Å²) in [5, 5.41) is 17.9. The van der Waals surface area contributed by atoms with Gasteiger partial charge in [-0.05, 0) is 56.4 Å². The molecule has 1 fully saturated rings. The maximum absolute atomic E-state index is 14.0. The highest BCUT2D eigenvalue weighted by atomic mass is 32.2. The van der Waals surface area contributed by atoms with Crippen LogP contribution in [0.2, 0.25) is 0 Å². The van der Waals surface area contributed by atoms with Gasteiger partial charge >= 0.3 is 6.18 Å². The van der Waals surface area contributed by atoms with Gasteiger partial charge < -0.3 is 10.8 Å². The molecule has 2 atom stereocenters. The molecular formula is C24H28F3N7O3S. The predicted molar refractivity (Wildman–Crippen MR) is 135 cm³/mol. The number of pyridine rings is 1. The number of ketones is 1. The van der Waals surface area contributed by atoms with Crippen molar-refractivity contribution in [1.29, 1.82) is 5.41 Å². The van der Waals surface area contributed by atoms with Crippen molar-refractivity contribution in [3.05, 3.63) is 52.6 Å². The average Bonchev–Trinajstić information content (AvgIpc) is 3.33. The van der Waals surface area contributed by atoms with Crippen LogP contribution in [0.25, 0.3) is 6.08 Å². The van der Waals surface area contributed by atoms with Crippen molar-refractivity contribution < 1.29 is 26.4 Å². The predicted octanol–water partition coefficient (Wildman–Crippen LogP) is 3.41. The Hall–Kier alpha value is -3.39. The summed E-state index contributed by atoms with van der Waals surface area (Å²) < 4.78 is 67.5. The number of rotatable bonds is 8. The van der Waals surface area contributed by atoms with Gasteiger partial charge in [-0.15, -0.1) is 0 Å². The highest BCUT2D eigenvalue weighted by Crippen LogP contribution is 2.50. The molecule has 4 rings (SSSR count). The molecule has 0 aliphatic heterocycles. The Bertz CT molecular complexity index is 1380. The van der Waals surface area contributed by atoms with E-state index >= 15 is 0 Å². The summed E-state index contributed by atoms with van der Waals surface area (Å²) in [6, 6.07) is 1.26. The molecule has 3 N–H and O–H groups in total. The molecule has 14 heteroatoms. The largest absolute Gasteiger partial charge is 0.417 e. The lowest BCUT2D eigenvalue weighted by Gasteiger charge is -2.46. The lowest BCUT2D eigenvalue weighted by molar-refractivity contribution is -0.137. The van der Waals surface area contributed by atoms with Gasteiger partial charge in [0.25, 0.3) is 10.0 Å². The van der Waals surface area contributed by atoms with Crippen LogP contribution in [0.3, 0.4) is 0 Å². The Morgan fingerprint density at radius 2 is 2.11 bits per heavy atom. The van der Waals surface area contributed by atoms with E-state index in [-0.39, 0.29) is 25.1 Å². The molecule has 0 radical (unpaired) electrons. The van der Waals surface area contributed by atoms with E-state index in [0.717, 1.165) is 29.0 Å². The highest BCUT2D eigenvalue weighted by molar-refractivity contribution is 8.06. The number of nitrogens with zero attached hydrogens (tertiary/aromatic N) is 4. The van der Waals surface area contributed by atoms with E-state index in [1.54, 1.807) is 20.0 Å². The summed E-state index contributed by atoms with van der Waals surface area (Å²) in [6.07, 6.45) is 1.19. The number of allylic oxidation sites excluding steroid dienone is 1. The number of halogens is 3. The molecule has 204 valence electrons. The van der Waals surface area contributed by atoms with Crippen LogP contribution in [0.15, 0.2) is 35.2 Å². The quantitative estimate of drug-likeness (QED) is 0.199. The first-order valence-corrected chi connectivity index (χ1v) is 13.6. The normalized spacial score (nSPS) is 21.9. The van der Waals surface area contributed by atoms with Crippen LogP contribution in [0.5, 0.6) is 0 Å². The minimum atomic E-state index is -4.60. The maximum atomic E-state index is 14.0. The molecule has 2 aliphatic rings. The topological polar surface area (TPSA) is 144 Å². The summed E-state index contributed by atoms with van der Waals surface area (Å²) in [4.78, 5) is 17.9. The zero-order valence-electron chi connectivity index (χ0n) is 20.8. The number of hydrogen-bond acceptors (Lipinski definition) is 8. The van der Waals surface area contributed by atoms with Gasteiger partial charge in [-0.3, -0.25) is 14.9 Å². The zero-order chi connectivity index (χ0) is 27.7. The fourth-order valence-corrected chi connectivity index (χ4v) is 6.73. The Morgan fingerprint density at radius 3 is 2.71 bits per heavy atom. The first-order valence-electron chi connectivity index (χ1n) is 12.1. The molecule has 10 nitrogen and oxygen atoms in total. The van der Waals surface area contributed by atoms with Crippen molar-refractivity contribution in [2.45, 2.75) is 51.7 Å². The Balaban J connectivity index is 1.76. The number of hydrogen-bond donors (Lipinski definition) is 3. The number of alkyl halides is 3. The number of sulfonamides is 1. The van der Waals surface area contributed by atoms with Gasteiger partial charge in [-0.1, -0.05) is 12.5 Å². The second kappa shape index (κ2) is 10.4. The lowest BCUT2D eigenvalue weighted by Crippen LogP contribution is -2.52. The molecule has 2 aromatic heterocycles. The van der Waals surface area contributed by atoms with Gasteiger partial charge in [-0.2, -0.15) is 27.7 Å². The zero-order valence-corrected chi connectivity index (χ0v) is 21.7. The molecule has 1 saturated carbocycles. The fourth-order valence-electron chi connectivity index (χ4n) is 5.25. The summed E-state index contributed by atoms with van der Waals surface area (Å²) in [5.41, 5.74) is 2.49. The molecular weight excluding hydrogens is 523 g/mol. The summed E-state index contributed by atoms with van der Waals surface area (Å²) in [5.74, 6) is -0.476. The summed E-state index contributed by atoms with van der Waals surface area (Å²) in [7, 11) is -4.17. The molecule has 0 bridgehead atoms. The number of hydrazone groups is 1. The molecule has 0 saturated heterocycles. The number of aromatic nitrogens is 3. The van der Waals surface area contributed by atoms with Crippen molar-refractivity contribution >= 4 is 33.1 Å². The van der Waals surface area contributed by atoms with Crippen LogP contribution in [0.4, 0.5) is 13.2 Å². The second-order valence-electron chi connectivity index (χ2n) is 9.21. The molecule has 0 aromatic carbocycles. The Kier molecular flexibility index (Phi) is 7.57. The molecule has 2 aliphatic carbocycles. The van der Waals surface area contributed by atoms with Gasteiger partial charge in [0, 0.05) is 25.3 Å². The number of nitrogens with one attached hydrogen (secondary N) is 3. The van der Waals surface area contributed by atoms with Crippen molar-refractivity contribution in [2.24, 2.45) is 10.5 Å². The molecule has 0 amide bonds. The molecule has 38 heavy (non-hydrogen) atoms. The Morgan fingerprint density at radius 1 is 1.34 bits per heavy atom. The first kappa shape index (κ1) is 27.6. The maximum Gasteiger partial charge on any atom is 0.417 e. The fraction of sp³-hybridized carbons (Fsp3) is 0.458. The van der Waals surface area contributed by atoms with E-state index in [1.165, 1.54) is 4.31 Å². The minimum absolute atomic E-state index is 0.0742. The van der Waals surface area contributed by atoms with Crippen LogP contribution in [0, 0.1) is 10.8 Å². The lowest BCUT2D eigenvalue weighted by atomic mass is 9.60. The van der Waals surface area contributed by atoms with E-state index in [9.17, 15) is 26.4 Å². The van der Waals surface area contributed by atoms with Crippen LogP contribution in [0.1, 0.15) is 60.4 Å². The first-order chi connectivity index (χ1) is 18.0. The Labute approximate surface area is 218 Å². The molecule has 0 spiro atoms. The van der Waals surface area contributed by atoms with Crippen molar-refractivity contribution in [2.75, 3.05) is 13.1 Å². The number of carbonyl (C=O) groups excluding carboxylic acids is 1. The number of aromatic amines is 1. The van der Waals surface area contributed by atoms with Gasteiger partial charge in [0.1, 0.15) is 5.69 Å². The standard InChI is InChI=1S/C24H28F3N7O3S/c1-3-30-33-21(12-28)38(36,37)34(4-2)18-7-5-16-9-20-15(13-31-32-20)10-23(16,11-18)22(35)19-8-6-17(14-29-19)24(25,26)27/h6,8-9,12-14,18,28,30H,3-5,7,10-11H2,1-2H3,(H,31,32)/b28-12?,33-21+/t18-,23-/m0/s1. The van der Waals surface area contributed by atoms with Crippen LogP contribution in [-0.2, 0) is 22.6 Å². The monoisotopic (exact) mass is 551 g/mol. The number of Topliss-reactive ketones (excluding diaryl/α,β-unsaturated/α-hetero) is 1. The van der Waals surface area contributed by atoms with E-state index in [1.807, 2.05) is 6.08 Å². The van der Waals surface area contributed by atoms with E-state index in [4.69, 9.17) is 5.41 Å². The highest BCUT2D eigenvalue weighted by Gasteiger charge is 2.51. The van der Waals surface area contributed by atoms with Crippen molar-refractivity contribution in [3.63, 3.8) is 0 Å². The van der Waals surface area contributed by atoms with Crippen molar-refractivity contribution in [3.8, 4) is 0 Å². The second-order valence-corrected chi connectivity index (χ2v) is 11.0. The average molecular weight is 552 g/mol. The minimum Gasteiger partial charge on any atom is -0.309 e. The summed E-state index contributed by atoms with van der Waals surface area (Å²) in [6.45, 7) is 3.84. The molecule has 0 unspecified atom stereocenters.